The molecule has 0 atom stereocenters. The van der Waals surface area contributed by atoms with Crippen LogP contribution in [0.25, 0.3) is 28.1 Å². The van der Waals surface area contributed by atoms with E-state index in [0.717, 1.165) is 44.8 Å². The number of hydrogen-bond donors (Lipinski definition) is 1. The molecule has 6 nitrogen and oxygen atoms in total. The van der Waals surface area contributed by atoms with Crippen molar-refractivity contribution < 1.29 is 4.74 Å². The molecule has 0 saturated carbocycles. The van der Waals surface area contributed by atoms with Gasteiger partial charge in [-0.2, -0.15) is 0 Å². The minimum atomic E-state index is 0.0793. The molecule has 5 rings (SSSR count). The van der Waals surface area contributed by atoms with Gasteiger partial charge in [-0.3, -0.25) is 4.99 Å². The van der Waals surface area contributed by atoms with Gasteiger partial charge < -0.3 is 14.6 Å². The Hall–Kier alpha value is -3.61. The van der Waals surface area contributed by atoms with Crippen molar-refractivity contribution in [2.75, 3.05) is 12.4 Å². The molecular formula is C27H23Cl2N5O. The lowest BCUT2D eigenvalue weighted by atomic mass is 10.1. The minimum Gasteiger partial charge on any atom is -0.480 e. The van der Waals surface area contributed by atoms with Gasteiger partial charge in [-0.05, 0) is 68.4 Å². The smallest absolute Gasteiger partial charge is 0.237 e. The number of para-hydroxylation sites is 2. The summed E-state index contributed by atoms with van der Waals surface area (Å²) in [5.41, 5.74) is 5.92. The number of halogens is 2. The van der Waals surface area contributed by atoms with Crippen molar-refractivity contribution in [1.82, 2.24) is 14.5 Å². The number of hydrogen-bond acceptors (Lipinski definition) is 5. The SMILES string of the molecule is COc1ncccc1Nc1cc2nc3ccccc3n(-c3ccc(Cl)c(Cl)c3)c-2c/c1=N\C(C)C. The maximum absolute atomic E-state index is 6.40. The van der Waals surface area contributed by atoms with Crippen LogP contribution in [0.4, 0.5) is 11.4 Å². The number of ether oxygens (including phenoxy) is 1. The molecule has 1 aromatic heterocycles. The van der Waals surface area contributed by atoms with Gasteiger partial charge in [0.2, 0.25) is 5.88 Å². The summed E-state index contributed by atoms with van der Waals surface area (Å²) in [4.78, 5) is 14.2. The van der Waals surface area contributed by atoms with Gasteiger partial charge in [0.05, 0.1) is 50.6 Å². The fourth-order valence-corrected chi connectivity index (χ4v) is 4.32. The summed E-state index contributed by atoms with van der Waals surface area (Å²) in [7, 11) is 1.60. The zero-order valence-electron chi connectivity index (χ0n) is 19.5. The third-order valence-corrected chi connectivity index (χ3v) is 6.23. The monoisotopic (exact) mass is 503 g/mol. The van der Waals surface area contributed by atoms with Gasteiger partial charge in [0.1, 0.15) is 5.69 Å². The van der Waals surface area contributed by atoms with Gasteiger partial charge in [-0.25, -0.2) is 9.97 Å². The van der Waals surface area contributed by atoms with Gasteiger partial charge in [-0.1, -0.05) is 35.3 Å². The second-order valence-electron chi connectivity index (χ2n) is 8.30. The first-order chi connectivity index (χ1) is 16.9. The minimum absolute atomic E-state index is 0.0793. The lowest BCUT2D eigenvalue weighted by Gasteiger charge is -2.21. The summed E-state index contributed by atoms with van der Waals surface area (Å²) in [6.07, 6.45) is 1.69. The van der Waals surface area contributed by atoms with Crippen LogP contribution in [0.15, 0.2) is 77.9 Å². The summed E-state index contributed by atoms with van der Waals surface area (Å²) in [5, 5.41) is 5.23. The van der Waals surface area contributed by atoms with E-state index >= 15 is 0 Å². The molecule has 35 heavy (non-hydrogen) atoms. The third-order valence-electron chi connectivity index (χ3n) is 5.49. The van der Waals surface area contributed by atoms with Crippen molar-refractivity contribution >= 4 is 45.6 Å². The predicted molar refractivity (Wildman–Crippen MR) is 142 cm³/mol. The molecule has 0 radical (unpaired) electrons. The van der Waals surface area contributed by atoms with E-state index in [1.165, 1.54) is 0 Å². The lowest BCUT2D eigenvalue weighted by molar-refractivity contribution is 0.400. The molecule has 0 saturated heterocycles. The number of benzene rings is 3. The van der Waals surface area contributed by atoms with Gasteiger partial charge in [0.25, 0.3) is 0 Å². The molecular weight excluding hydrogens is 481 g/mol. The zero-order valence-corrected chi connectivity index (χ0v) is 21.0. The molecule has 0 amide bonds. The molecule has 0 fully saturated rings. The molecule has 0 spiro atoms. The molecule has 1 N–H and O–H groups in total. The van der Waals surface area contributed by atoms with Crippen molar-refractivity contribution in [2.24, 2.45) is 4.99 Å². The van der Waals surface area contributed by atoms with Gasteiger partial charge in [0, 0.05) is 17.9 Å². The van der Waals surface area contributed by atoms with E-state index in [2.05, 4.69) is 14.9 Å². The predicted octanol–water partition coefficient (Wildman–Crippen LogP) is 6.89. The van der Waals surface area contributed by atoms with Crippen molar-refractivity contribution in [2.45, 2.75) is 19.9 Å². The molecule has 1 aliphatic heterocycles. The average Bonchev–Trinajstić information content (AvgIpc) is 2.85. The number of aromatic nitrogens is 3. The summed E-state index contributed by atoms with van der Waals surface area (Å²) < 4.78 is 7.57. The van der Waals surface area contributed by atoms with Crippen LogP contribution < -0.4 is 15.4 Å². The first kappa shape index (κ1) is 23.1. The zero-order chi connectivity index (χ0) is 24.5. The van der Waals surface area contributed by atoms with Crippen molar-refractivity contribution in [3.8, 4) is 23.0 Å². The van der Waals surface area contributed by atoms with Crippen molar-refractivity contribution in [3.05, 3.63) is 88.3 Å². The summed E-state index contributed by atoms with van der Waals surface area (Å²) in [6.45, 7) is 4.09. The fraction of sp³-hybridized carbons (Fsp3) is 0.148. The van der Waals surface area contributed by atoms with Crippen LogP contribution in [0.1, 0.15) is 13.8 Å². The van der Waals surface area contributed by atoms with Gasteiger partial charge >= 0.3 is 0 Å². The van der Waals surface area contributed by atoms with Crippen LogP contribution in [0, 0.1) is 0 Å². The number of methoxy groups -OCH3 is 1. The first-order valence-corrected chi connectivity index (χ1v) is 11.9. The van der Waals surface area contributed by atoms with E-state index in [0.29, 0.717) is 15.9 Å². The van der Waals surface area contributed by atoms with Crippen LogP contribution in [0.3, 0.4) is 0 Å². The molecule has 176 valence electrons. The largest absolute Gasteiger partial charge is 0.480 e. The van der Waals surface area contributed by atoms with Gasteiger partial charge in [-0.15, -0.1) is 0 Å². The molecule has 2 aromatic carbocycles. The van der Waals surface area contributed by atoms with E-state index in [-0.39, 0.29) is 6.04 Å². The van der Waals surface area contributed by atoms with Gasteiger partial charge in [0.15, 0.2) is 0 Å². The number of nitrogens with one attached hydrogen (secondary N) is 1. The number of rotatable bonds is 5. The molecule has 0 bridgehead atoms. The summed E-state index contributed by atoms with van der Waals surface area (Å²) in [6, 6.07) is 21.5. The van der Waals surface area contributed by atoms with E-state index in [1.807, 2.05) is 74.5 Å². The van der Waals surface area contributed by atoms with E-state index in [4.69, 9.17) is 37.9 Å². The average molecular weight is 504 g/mol. The Morgan fingerprint density at radius 2 is 1.77 bits per heavy atom. The summed E-state index contributed by atoms with van der Waals surface area (Å²) in [5.74, 6) is 0.500. The van der Waals surface area contributed by atoms with Crippen molar-refractivity contribution in [1.29, 1.82) is 0 Å². The Morgan fingerprint density at radius 3 is 2.54 bits per heavy atom. The molecule has 8 heteroatoms. The second kappa shape index (κ2) is 9.56. The van der Waals surface area contributed by atoms with Crippen LogP contribution in [-0.4, -0.2) is 27.7 Å². The van der Waals surface area contributed by atoms with Crippen LogP contribution in [0.5, 0.6) is 5.88 Å². The van der Waals surface area contributed by atoms with Crippen LogP contribution in [-0.2, 0) is 0 Å². The molecule has 0 unspecified atom stereocenters. The Bertz CT molecular complexity index is 1580. The Kier molecular flexibility index (Phi) is 6.32. The highest BCUT2D eigenvalue weighted by Gasteiger charge is 2.18. The molecule has 2 aliphatic rings. The summed E-state index contributed by atoms with van der Waals surface area (Å²) >= 11 is 12.6. The maximum Gasteiger partial charge on any atom is 0.237 e. The Balaban J connectivity index is 1.83. The Morgan fingerprint density at radius 1 is 0.943 bits per heavy atom. The normalized spacial score (nSPS) is 12.0. The number of anilines is 2. The molecule has 2 heterocycles. The topological polar surface area (TPSA) is 64.3 Å². The van der Waals surface area contributed by atoms with E-state index in [1.54, 1.807) is 19.4 Å². The highest BCUT2D eigenvalue weighted by molar-refractivity contribution is 6.42. The second-order valence-corrected chi connectivity index (χ2v) is 9.11. The fourth-order valence-electron chi connectivity index (χ4n) is 4.02. The quantitative estimate of drug-likeness (QED) is 0.265. The molecule has 3 aromatic rings. The van der Waals surface area contributed by atoms with E-state index < -0.39 is 0 Å². The number of pyridine rings is 1. The van der Waals surface area contributed by atoms with E-state index in [9.17, 15) is 0 Å². The van der Waals surface area contributed by atoms with Crippen LogP contribution in [0.2, 0.25) is 10.0 Å². The lowest BCUT2D eigenvalue weighted by Crippen LogP contribution is -2.16. The molecule has 1 aliphatic carbocycles. The van der Waals surface area contributed by atoms with Crippen molar-refractivity contribution in [3.63, 3.8) is 0 Å². The first-order valence-electron chi connectivity index (χ1n) is 11.2. The third kappa shape index (κ3) is 4.55. The highest BCUT2D eigenvalue weighted by Crippen LogP contribution is 2.33. The highest BCUT2D eigenvalue weighted by atomic mass is 35.5. The Labute approximate surface area is 213 Å². The number of fused-ring (bicyclic) bond motifs is 2. The van der Waals surface area contributed by atoms with Crippen LogP contribution >= 0.6 is 23.2 Å². The standard InChI is InChI=1S/C27H23Cl2N5O/c1-16(2)31-23-15-26-24(14-22(23)33-21-8-6-12-30-27(21)35-3)32-20-7-4-5-9-25(20)34(26)17-10-11-18(28)19(29)13-17/h4-16,33H,1-3H3/b31-23+. The number of nitrogens with zero attached hydrogens (tertiary/aromatic N) is 4. The maximum atomic E-state index is 6.40.